The van der Waals surface area contributed by atoms with Crippen LogP contribution >= 0.6 is 22.6 Å². The lowest BCUT2D eigenvalue weighted by Crippen LogP contribution is -2.41. The van der Waals surface area contributed by atoms with E-state index in [1.165, 1.54) is 26.4 Å². The number of esters is 1. The number of rotatable bonds is 17. The van der Waals surface area contributed by atoms with Gasteiger partial charge in [-0.25, -0.2) is 0 Å². The molecule has 0 aromatic heterocycles. The Hall–Kier alpha value is -0.406. The molecule has 3 atom stereocenters. The Bertz CT molecular complexity index is 669. The van der Waals surface area contributed by atoms with Gasteiger partial charge in [0.1, 0.15) is 0 Å². The molecule has 0 aliphatic heterocycles. The molecule has 0 aromatic carbocycles. The standard InChI is InChI=1S/C27H49IO4Si2/c1-9-10-11-12-13-14-17-20-24(31-33(3,4)5)23-26(32-34(6,7)8)25(28)21-18-15-16-19-22-27(29)30-2/h13-14,17,20,24-26H,9-12,16,19,21-23H2,1-8H3/b14-13-,20-17+/t24-,25-,26-/m0/s1. The topological polar surface area (TPSA) is 44.8 Å². The first-order valence-corrected chi connectivity index (χ1v) is 20.8. The molecule has 0 rings (SSSR count). The van der Waals surface area contributed by atoms with Crippen molar-refractivity contribution in [3.05, 3.63) is 24.3 Å². The van der Waals surface area contributed by atoms with Gasteiger partial charge in [0.25, 0.3) is 0 Å². The number of halogens is 1. The number of hydrogen-bond donors (Lipinski definition) is 0. The van der Waals surface area contributed by atoms with Gasteiger partial charge in [0.15, 0.2) is 16.6 Å². The Morgan fingerprint density at radius 1 is 0.971 bits per heavy atom. The molecule has 7 heteroatoms. The van der Waals surface area contributed by atoms with Crippen LogP contribution in [0.1, 0.15) is 64.7 Å². The van der Waals surface area contributed by atoms with Gasteiger partial charge in [-0.3, -0.25) is 4.79 Å². The summed E-state index contributed by atoms with van der Waals surface area (Å²) in [6.45, 7) is 15.7. The number of allylic oxidation sites excluding steroid dienone is 3. The molecular weight excluding hydrogens is 571 g/mol. The van der Waals surface area contributed by atoms with Crippen LogP contribution in [0.25, 0.3) is 0 Å². The molecule has 196 valence electrons. The Morgan fingerprint density at radius 3 is 2.24 bits per heavy atom. The smallest absolute Gasteiger partial charge is 0.305 e. The average Bonchev–Trinajstić information content (AvgIpc) is 2.72. The summed E-state index contributed by atoms with van der Waals surface area (Å²) < 4.78 is 18.1. The number of alkyl halides is 1. The second kappa shape index (κ2) is 18.8. The molecule has 0 radical (unpaired) electrons. The average molecular weight is 621 g/mol. The van der Waals surface area contributed by atoms with Crippen molar-refractivity contribution >= 4 is 45.2 Å². The molecule has 0 N–H and O–H groups in total. The predicted octanol–water partition coefficient (Wildman–Crippen LogP) is 8.05. The highest BCUT2D eigenvalue weighted by atomic mass is 127. The maximum atomic E-state index is 11.2. The van der Waals surface area contributed by atoms with E-state index in [0.29, 0.717) is 12.8 Å². The molecule has 0 unspecified atom stereocenters. The predicted molar refractivity (Wildman–Crippen MR) is 160 cm³/mol. The number of methoxy groups -OCH3 is 1. The number of ether oxygens (including phenoxy) is 1. The molecule has 34 heavy (non-hydrogen) atoms. The Morgan fingerprint density at radius 2 is 1.65 bits per heavy atom. The summed E-state index contributed by atoms with van der Waals surface area (Å²) in [5.41, 5.74) is 0. The van der Waals surface area contributed by atoms with Gasteiger partial charge in [-0.2, -0.15) is 0 Å². The number of carbonyl (C=O) groups excluding carboxylic acids is 1. The van der Waals surface area contributed by atoms with Crippen molar-refractivity contribution < 1.29 is 18.4 Å². The molecule has 0 aromatic rings. The fourth-order valence-electron chi connectivity index (χ4n) is 3.26. The van der Waals surface area contributed by atoms with E-state index >= 15 is 0 Å². The van der Waals surface area contributed by atoms with Crippen molar-refractivity contribution in [3.63, 3.8) is 0 Å². The summed E-state index contributed by atoms with van der Waals surface area (Å²) >= 11 is 2.49. The van der Waals surface area contributed by atoms with E-state index in [1.807, 2.05) is 0 Å². The van der Waals surface area contributed by atoms with Gasteiger partial charge < -0.3 is 13.6 Å². The van der Waals surface area contributed by atoms with Crippen LogP contribution in [-0.2, 0) is 18.4 Å². The summed E-state index contributed by atoms with van der Waals surface area (Å²) in [5, 5.41) is 0. The number of carbonyl (C=O) groups is 1. The second-order valence-electron chi connectivity index (χ2n) is 10.6. The molecule has 0 aliphatic rings. The Labute approximate surface area is 226 Å². The zero-order chi connectivity index (χ0) is 26.0. The van der Waals surface area contributed by atoms with Crippen molar-refractivity contribution in [2.24, 2.45) is 0 Å². The number of hydrogen-bond acceptors (Lipinski definition) is 4. The molecule has 0 spiro atoms. The molecule has 0 amide bonds. The van der Waals surface area contributed by atoms with E-state index in [0.717, 1.165) is 25.7 Å². The monoisotopic (exact) mass is 620 g/mol. The van der Waals surface area contributed by atoms with Crippen LogP contribution in [0.2, 0.25) is 39.3 Å². The highest BCUT2D eigenvalue weighted by Gasteiger charge is 2.30. The first-order valence-electron chi connectivity index (χ1n) is 12.7. The van der Waals surface area contributed by atoms with E-state index in [4.69, 9.17) is 8.85 Å². The zero-order valence-electron chi connectivity index (χ0n) is 22.9. The molecule has 4 nitrogen and oxygen atoms in total. The minimum absolute atomic E-state index is 0.0404. The maximum absolute atomic E-state index is 11.2. The highest BCUT2D eigenvalue weighted by Crippen LogP contribution is 2.25. The zero-order valence-corrected chi connectivity index (χ0v) is 27.1. The molecular formula is C27H49IO4Si2. The quantitative estimate of drug-likeness (QED) is 0.0314. The Balaban J connectivity index is 5.16. The Kier molecular flexibility index (Phi) is 18.6. The summed E-state index contributed by atoms with van der Waals surface area (Å²) in [6, 6.07) is 0. The summed E-state index contributed by atoms with van der Waals surface area (Å²) in [7, 11) is -2.01. The lowest BCUT2D eigenvalue weighted by Gasteiger charge is -2.33. The van der Waals surface area contributed by atoms with Crippen molar-refractivity contribution in [2.75, 3.05) is 7.11 Å². The molecule has 0 fully saturated rings. The van der Waals surface area contributed by atoms with Crippen molar-refractivity contribution in [2.45, 2.75) is 120 Å². The first-order chi connectivity index (χ1) is 15.9. The summed E-state index contributed by atoms with van der Waals surface area (Å²) in [6.07, 6.45) is 17.3. The summed E-state index contributed by atoms with van der Waals surface area (Å²) in [5.74, 6) is 6.35. The SMILES string of the molecule is CCCCC/C=C\C=C\[C@@H](C[C@H](O[Si](C)(C)C)[C@@H](I)CC#CCCCC(=O)OC)O[Si](C)(C)C. The third-order valence-corrected chi connectivity index (χ3v) is 8.02. The fraction of sp³-hybridized carbons (Fsp3) is 0.741. The van der Waals surface area contributed by atoms with Crippen LogP contribution in [0.3, 0.4) is 0 Å². The molecule has 0 saturated heterocycles. The van der Waals surface area contributed by atoms with Gasteiger partial charge in [0, 0.05) is 29.6 Å². The largest absolute Gasteiger partial charge is 0.469 e. The van der Waals surface area contributed by atoms with Crippen LogP contribution in [0.4, 0.5) is 0 Å². The molecule has 0 aliphatic carbocycles. The van der Waals surface area contributed by atoms with Gasteiger partial charge in [-0.1, -0.05) is 66.7 Å². The van der Waals surface area contributed by atoms with Crippen LogP contribution in [-0.4, -0.2) is 45.8 Å². The van der Waals surface area contributed by atoms with Gasteiger partial charge in [0.2, 0.25) is 0 Å². The lowest BCUT2D eigenvalue weighted by molar-refractivity contribution is -0.140. The highest BCUT2D eigenvalue weighted by molar-refractivity contribution is 14.1. The third kappa shape index (κ3) is 20.9. The van der Waals surface area contributed by atoms with Gasteiger partial charge >= 0.3 is 5.97 Å². The first kappa shape index (κ1) is 33.6. The fourth-order valence-corrected chi connectivity index (χ4v) is 6.45. The minimum Gasteiger partial charge on any atom is -0.469 e. The van der Waals surface area contributed by atoms with E-state index in [1.54, 1.807) is 0 Å². The van der Waals surface area contributed by atoms with Crippen LogP contribution in [0, 0.1) is 11.8 Å². The van der Waals surface area contributed by atoms with Gasteiger partial charge in [-0.15, -0.1) is 11.8 Å². The van der Waals surface area contributed by atoms with Gasteiger partial charge in [-0.05, 0) is 58.5 Å². The van der Waals surface area contributed by atoms with Crippen molar-refractivity contribution in [1.29, 1.82) is 0 Å². The molecule has 0 heterocycles. The lowest BCUT2D eigenvalue weighted by atomic mass is 10.1. The van der Waals surface area contributed by atoms with Gasteiger partial charge in [0.05, 0.1) is 19.3 Å². The summed E-state index contributed by atoms with van der Waals surface area (Å²) in [4.78, 5) is 11.2. The van der Waals surface area contributed by atoms with Crippen LogP contribution < -0.4 is 0 Å². The molecule has 0 bridgehead atoms. The van der Waals surface area contributed by atoms with E-state index in [9.17, 15) is 4.79 Å². The normalized spacial score (nSPS) is 15.2. The number of unbranched alkanes of at least 4 members (excludes halogenated alkanes) is 4. The third-order valence-electron chi connectivity index (χ3n) is 4.76. The van der Waals surface area contributed by atoms with Crippen LogP contribution in [0.5, 0.6) is 0 Å². The second-order valence-corrected chi connectivity index (χ2v) is 21.1. The van der Waals surface area contributed by atoms with E-state index < -0.39 is 16.6 Å². The van der Waals surface area contributed by atoms with Crippen LogP contribution in [0.15, 0.2) is 24.3 Å². The maximum Gasteiger partial charge on any atom is 0.305 e. The van der Waals surface area contributed by atoms with Crippen molar-refractivity contribution in [3.8, 4) is 11.8 Å². The van der Waals surface area contributed by atoms with Crippen molar-refractivity contribution in [1.82, 2.24) is 0 Å². The van der Waals surface area contributed by atoms with E-state index in [2.05, 4.69) is 110 Å². The molecule has 0 saturated carbocycles. The van der Waals surface area contributed by atoms with E-state index in [-0.39, 0.29) is 22.1 Å². The minimum atomic E-state index is -1.73.